The average Bonchev–Trinajstić information content (AvgIpc) is 2.76. The van der Waals surface area contributed by atoms with Crippen molar-refractivity contribution >= 4 is 22.6 Å². The zero-order valence-corrected chi connectivity index (χ0v) is 18.4. The molecule has 31 heavy (non-hydrogen) atoms. The average molecular weight is 421 g/mol. The third kappa shape index (κ3) is 5.17. The third-order valence-corrected chi connectivity index (χ3v) is 5.16. The van der Waals surface area contributed by atoms with Crippen LogP contribution in [0.25, 0.3) is 10.8 Å². The van der Waals surface area contributed by atoms with Crippen LogP contribution in [0.15, 0.2) is 53.3 Å². The minimum atomic E-state index is -0.568. The molecule has 1 aromatic heterocycles. The summed E-state index contributed by atoms with van der Waals surface area (Å²) in [6.45, 7) is 8.58. The van der Waals surface area contributed by atoms with Crippen molar-refractivity contribution in [2.24, 2.45) is 0 Å². The number of aryl methyl sites for hydroxylation is 2. The molecule has 0 fully saturated rings. The molecule has 0 aliphatic heterocycles. The van der Waals surface area contributed by atoms with Crippen molar-refractivity contribution in [3.63, 3.8) is 0 Å². The highest BCUT2D eigenvalue weighted by Gasteiger charge is 2.17. The number of nitrogens with one attached hydrogen (secondary N) is 2. The fourth-order valence-corrected chi connectivity index (χ4v) is 3.29. The molecule has 162 valence electrons. The van der Waals surface area contributed by atoms with Gasteiger partial charge < -0.3 is 0 Å². The summed E-state index contributed by atoms with van der Waals surface area (Å²) in [5, 5.41) is 5.02. The second kappa shape index (κ2) is 9.12. The molecule has 0 spiro atoms. The summed E-state index contributed by atoms with van der Waals surface area (Å²) in [6.07, 6.45) is 0.797. The van der Waals surface area contributed by atoms with Gasteiger partial charge in [-0.25, -0.2) is 4.68 Å². The largest absolute Gasteiger partial charge is 0.290 e. The molecule has 7 nitrogen and oxygen atoms in total. The lowest BCUT2D eigenvalue weighted by Crippen LogP contribution is -2.42. The van der Waals surface area contributed by atoms with Crippen LogP contribution in [0, 0.1) is 0 Å². The predicted octanol–water partition coefficient (Wildman–Crippen LogP) is 3.11. The molecule has 0 saturated heterocycles. The van der Waals surface area contributed by atoms with Crippen LogP contribution < -0.4 is 16.4 Å². The quantitative estimate of drug-likeness (QED) is 0.620. The van der Waals surface area contributed by atoms with Gasteiger partial charge in [0, 0.05) is 18.4 Å². The third-order valence-electron chi connectivity index (χ3n) is 5.16. The van der Waals surface area contributed by atoms with Gasteiger partial charge in [-0.1, -0.05) is 63.2 Å². The zero-order valence-electron chi connectivity index (χ0n) is 18.4. The van der Waals surface area contributed by atoms with Crippen molar-refractivity contribution in [3.8, 4) is 0 Å². The second-order valence-electron chi connectivity index (χ2n) is 8.46. The fourth-order valence-electron chi connectivity index (χ4n) is 3.29. The summed E-state index contributed by atoms with van der Waals surface area (Å²) in [7, 11) is 0. The number of carbonyl (C=O) groups is 2. The number of carbonyl (C=O) groups excluding carboxylic acids is 2. The predicted molar refractivity (Wildman–Crippen MR) is 121 cm³/mol. The molecule has 0 unspecified atom stereocenters. The summed E-state index contributed by atoms with van der Waals surface area (Å²) in [5.41, 5.74) is 7.06. The Kier molecular flexibility index (Phi) is 6.53. The van der Waals surface area contributed by atoms with Crippen LogP contribution in [0.4, 0.5) is 0 Å². The Bertz CT molecular complexity index is 1160. The Morgan fingerprint density at radius 2 is 1.61 bits per heavy atom. The first kappa shape index (κ1) is 22.2. The highest BCUT2D eigenvalue weighted by Crippen LogP contribution is 2.22. The lowest BCUT2D eigenvalue weighted by molar-refractivity contribution is -0.121. The highest BCUT2D eigenvalue weighted by atomic mass is 16.2. The molecule has 2 aromatic carbocycles. The number of aromatic nitrogens is 2. The molecule has 1 heterocycles. The van der Waals surface area contributed by atoms with Crippen molar-refractivity contribution in [2.45, 2.75) is 52.5 Å². The van der Waals surface area contributed by atoms with E-state index in [1.54, 1.807) is 31.2 Å². The summed E-state index contributed by atoms with van der Waals surface area (Å²) in [5.74, 6) is -0.873. The van der Waals surface area contributed by atoms with Crippen molar-refractivity contribution in [3.05, 3.63) is 75.7 Å². The number of benzene rings is 2. The number of rotatable bonds is 5. The summed E-state index contributed by atoms with van der Waals surface area (Å²) in [4.78, 5) is 37.3. The van der Waals surface area contributed by atoms with Crippen molar-refractivity contribution in [1.29, 1.82) is 0 Å². The number of fused-ring (bicyclic) bond motifs is 1. The first-order valence-electron chi connectivity index (χ1n) is 10.4. The van der Waals surface area contributed by atoms with Crippen molar-refractivity contribution < 1.29 is 9.59 Å². The molecular formula is C24H28N4O3. The molecule has 0 aliphatic rings. The maximum Gasteiger partial charge on any atom is 0.290 e. The smallest absolute Gasteiger partial charge is 0.273 e. The number of hydrazine groups is 1. The molecule has 3 rings (SSSR count). The van der Waals surface area contributed by atoms with Gasteiger partial charge >= 0.3 is 0 Å². The van der Waals surface area contributed by atoms with Crippen LogP contribution in [0.2, 0.25) is 0 Å². The molecule has 7 heteroatoms. The minimum absolute atomic E-state index is 0.0820. The van der Waals surface area contributed by atoms with Gasteiger partial charge in [0.05, 0.1) is 5.39 Å². The van der Waals surface area contributed by atoms with Gasteiger partial charge in [-0.15, -0.1) is 0 Å². The number of nitrogens with zero attached hydrogens (tertiary/aromatic N) is 2. The van der Waals surface area contributed by atoms with E-state index in [1.807, 2.05) is 12.1 Å². The topological polar surface area (TPSA) is 93.1 Å². The Morgan fingerprint density at radius 3 is 2.23 bits per heavy atom. The van der Waals surface area contributed by atoms with Gasteiger partial charge in [0.15, 0.2) is 5.69 Å². The van der Waals surface area contributed by atoms with E-state index in [4.69, 9.17) is 0 Å². The molecule has 0 saturated carbocycles. The van der Waals surface area contributed by atoms with E-state index in [9.17, 15) is 14.4 Å². The lowest BCUT2D eigenvalue weighted by atomic mass is 9.86. The standard InChI is InChI=1S/C24H28N4O3/c1-5-28-23(31)19-9-7-6-8-18(19)21(27-28)22(30)26-25-20(29)15-12-16-10-13-17(14-11-16)24(2,3)4/h6-11,13-14H,5,12,15H2,1-4H3,(H,25,29)(H,26,30). The van der Waals surface area contributed by atoms with Gasteiger partial charge in [0.25, 0.3) is 11.5 Å². The van der Waals surface area contributed by atoms with Crippen LogP contribution in [0.1, 0.15) is 55.7 Å². The first-order valence-corrected chi connectivity index (χ1v) is 10.4. The Morgan fingerprint density at radius 1 is 0.968 bits per heavy atom. The van der Waals surface area contributed by atoms with E-state index in [2.05, 4.69) is 48.9 Å². The maximum atomic E-state index is 12.6. The van der Waals surface area contributed by atoms with Gasteiger partial charge in [-0.05, 0) is 36.0 Å². The Labute approximate surface area is 181 Å². The molecule has 0 atom stereocenters. The van der Waals surface area contributed by atoms with Crippen molar-refractivity contribution in [2.75, 3.05) is 0 Å². The SMILES string of the molecule is CCn1nc(C(=O)NNC(=O)CCc2ccc(C(C)(C)C)cc2)c2ccccc2c1=O. The normalized spacial score (nSPS) is 11.4. The van der Waals surface area contributed by atoms with Crippen LogP contribution in [0.5, 0.6) is 0 Å². The van der Waals surface area contributed by atoms with Gasteiger partial charge in [0.1, 0.15) is 0 Å². The molecule has 0 aliphatic carbocycles. The number of hydrogen-bond donors (Lipinski definition) is 2. The maximum absolute atomic E-state index is 12.6. The Balaban J connectivity index is 1.63. The highest BCUT2D eigenvalue weighted by molar-refractivity contribution is 6.05. The Hall–Kier alpha value is -3.48. The molecule has 2 N–H and O–H groups in total. The number of hydrogen-bond acceptors (Lipinski definition) is 4. The second-order valence-corrected chi connectivity index (χ2v) is 8.46. The van der Waals surface area contributed by atoms with Crippen LogP contribution in [-0.4, -0.2) is 21.6 Å². The lowest BCUT2D eigenvalue weighted by Gasteiger charge is -2.19. The van der Waals surface area contributed by atoms with Gasteiger partial charge in [0.2, 0.25) is 5.91 Å². The minimum Gasteiger partial charge on any atom is -0.273 e. The molecule has 0 radical (unpaired) electrons. The van der Waals surface area contributed by atoms with E-state index < -0.39 is 5.91 Å². The van der Waals surface area contributed by atoms with Crippen LogP contribution in [0.3, 0.4) is 0 Å². The van der Waals surface area contributed by atoms with E-state index in [0.717, 1.165) is 5.56 Å². The first-order chi connectivity index (χ1) is 14.7. The van der Waals surface area contributed by atoms with Crippen molar-refractivity contribution in [1.82, 2.24) is 20.6 Å². The summed E-state index contributed by atoms with van der Waals surface area (Å²) >= 11 is 0. The van der Waals surface area contributed by atoms with Crippen LogP contribution >= 0.6 is 0 Å². The fraction of sp³-hybridized carbons (Fsp3) is 0.333. The van der Waals surface area contributed by atoms with Gasteiger partial charge in [-0.2, -0.15) is 5.10 Å². The summed E-state index contributed by atoms with van der Waals surface area (Å²) < 4.78 is 1.24. The van der Waals surface area contributed by atoms with E-state index in [1.165, 1.54) is 10.2 Å². The van der Waals surface area contributed by atoms with Gasteiger partial charge in [-0.3, -0.25) is 25.2 Å². The van der Waals surface area contributed by atoms with E-state index in [-0.39, 0.29) is 29.0 Å². The number of amides is 2. The molecular weight excluding hydrogens is 392 g/mol. The van der Waals surface area contributed by atoms with E-state index >= 15 is 0 Å². The molecule has 0 bridgehead atoms. The monoisotopic (exact) mass is 420 g/mol. The zero-order chi connectivity index (χ0) is 22.6. The van der Waals surface area contributed by atoms with E-state index in [0.29, 0.717) is 23.7 Å². The molecule has 3 aromatic rings. The summed E-state index contributed by atoms with van der Waals surface area (Å²) in [6, 6.07) is 15.0. The van der Waals surface area contributed by atoms with Crippen LogP contribution in [-0.2, 0) is 23.2 Å². The molecule has 2 amide bonds.